The maximum Gasteiger partial charge on any atom is 0.251 e. The summed E-state index contributed by atoms with van der Waals surface area (Å²) in [5, 5.41) is 5.41. The summed E-state index contributed by atoms with van der Waals surface area (Å²) in [5.41, 5.74) is 2.13. The van der Waals surface area contributed by atoms with E-state index in [4.69, 9.17) is 0 Å². The molecular weight excluding hydrogens is 457 g/mol. The molecular formula is C25H26FN3O4S. The number of sulfonamides is 1. The third-order valence-electron chi connectivity index (χ3n) is 5.12. The predicted molar refractivity (Wildman–Crippen MR) is 128 cm³/mol. The van der Waals surface area contributed by atoms with Crippen LogP contribution in [0, 0.1) is 12.7 Å². The second-order valence-electron chi connectivity index (χ2n) is 7.67. The highest BCUT2D eigenvalue weighted by Gasteiger charge is 2.28. The van der Waals surface area contributed by atoms with Crippen LogP contribution in [0.2, 0.25) is 0 Å². The number of rotatable bonds is 9. The van der Waals surface area contributed by atoms with Gasteiger partial charge in [0, 0.05) is 17.8 Å². The fraction of sp³-hybridized carbons (Fsp3) is 0.200. The lowest BCUT2D eigenvalue weighted by atomic mass is 10.1. The predicted octanol–water partition coefficient (Wildman–Crippen LogP) is 3.41. The van der Waals surface area contributed by atoms with Crippen LogP contribution in [-0.2, 0) is 21.2 Å². The zero-order valence-corrected chi connectivity index (χ0v) is 19.7. The van der Waals surface area contributed by atoms with Crippen molar-refractivity contribution >= 4 is 27.5 Å². The Kier molecular flexibility index (Phi) is 8.14. The molecule has 34 heavy (non-hydrogen) atoms. The zero-order chi connectivity index (χ0) is 24.7. The van der Waals surface area contributed by atoms with E-state index in [1.165, 1.54) is 18.2 Å². The number of halogens is 1. The van der Waals surface area contributed by atoms with Crippen LogP contribution in [0.25, 0.3) is 0 Å². The summed E-state index contributed by atoms with van der Waals surface area (Å²) in [4.78, 5) is 24.9. The fourth-order valence-electron chi connectivity index (χ4n) is 3.33. The van der Waals surface area contributed by atoms with Crippen molar-refractivity contribution in [2.45, 2.75) is 31.2 Å². The minimum absolute atomic E-state index is 0.0371. The summed E-state index contributed by atoms with van der Waals surface area (Å²) in [6.07, 6.45) is 0.0371. The molecule has 0 aliphatic carbocycles. The molecule has 3 rings (SSSR count). The Morgan fingerprint density at radius 3 is 2.32 bits per heavy atom. The Hall–Kier alpha value is -3.56. The molecule has 0 bridgehead atoms. The number of hydrogen-bond acceptors (Lipinski definition) is 4. The van der Waals surface area contributed by atoms with Gasteiger partial charge in [-0.3, -0.25) is 9.59 Å². The number of carbonyl (C=O) groups is 2. The van der Waals surface area contributed by atoms with E-state index in [0.717, 1.165) is 12.1 Å². The molecule has 0 saturated heterocycles. The van der Waals surface area contributed by atoms with Crippen LogP contribution in [0.5, 0.6) is 0 Å². The number of anilines is 1. The Morgan fingerprint density at radius 2 is 1.65 bits per heavy atom. The minimum atomic E-state index is -4.34. The van der Waals surface area contributed by atoms with Crippen molar-refractivity contribution in [1.82, 2.24) is 10.0 Å². The Morgan fingerprint density at radius 1 is 0.971 bits per heavy atom. The lowest BCUT2D eigenvalue weighted by molar-refractivity contribution is -0.117. The Balaban J connectivity index is 1.91. The van der Waals surface area contributed by atoms with E-state index >= 15 is 0 Å². The van der Waals surface area contributed by atoms with E-state index in [1.54, 1.807) is 56.3 Å². The first-order valence-electron chi connectivity index (χ1n) is 10.7. The van der Waals surface area contributed by atoms with Gasteiger partial charge in [0.25, 0.3) is 5.91 Å². The van der Waals surface area contributed by atoms with Crippen molar-refractivity contribution in [3.8, 4) is 0 Å². The summed E-state index contributed by atoms with van der Waals surface area (Å²) in [5.74, 6) is -1.85. The van der Waals surface area contributed by atoms with Crippen molar-refractivity contribution in [3.63, 3.8) is 0 Å². The number of nitrogens with one attached hydrogen (secondary N) is 3. The van der Waals surface area contributed by atoms with Crippen LogP contribution >= 0.6 is 0 Å². The number of aryl methyl sites for hydroxylation is 1. The summed E-state index contributed by atoms with van der Waals surface area (Å²) >= 11 is 0. The third-order valence-corrected chi connectivity index (χ3v) is 6.62. The number of benzene rings is 3. The summed E-state index contributed by atoms with van der Waals surface area (Å²) in [6.45, 7) is 4.00. The normalized spacial score (nSPS) is 12.1. The first-order chi connectivity index (χ1) is 16.2. The van der Waals surface area contributed by atoms with E-state index in [1.807, 2.05) is 0 Å². The molecule has 0 spiro atoms. The molecule has 3 N–H and O–H groups in total. The van der Waals surface area contributed by atoms with E-state index in [2.05, 4.69) is 15.4 Å². The van der Waals surface area contributed by atoms with Gasteiger partial charge in [-0.25, -0.2) is 12.8 Å². The molecule has 178 valence electrons. The molecule has 0 radical (unpaired) electrons. The average Bonchev–Trinajstić information content (AvgIpc) is 2.81. The molecule has 0 unspecified atom stereocenters. The molecule has 2 amide bonds. The second kappa shape index (κ2) is 11.0. The standard InChI is InChI=1S/C25H26FN3O4S/c1-3-27-24(30)19-14-13-17(2)21(16-19)28-25(31)22(15-18-9-5-4-6-10-18)29-34(32,33)23-12-8-7-11-20(23)26/h4-14,16,22,29H,3,15H2,1-2H3,(H,27,30)(H,28,31)/t22-/m0/s1. The van der Waals surface area contributed by atoms with Crippen molar-refractivity contribution in [2.75, 3.05) is 11.9 Å². The highest BCUT2D eigenvalue weighted by atomic mass is 32.2. The van der Waals surface area contributed by atoms with E-state index in [9.17, 15) is 22.4 Å². The molecule has 0 aliphatic heterocycles. The molecule has 1 atom stereocenters. The van der Waals surface area contributed by atoms with Gasteiger partial charge in [0.05, 0.1) is 0 Å². The molecule has 7 nitrogen and oxygen atoms in total. The monoisotopic (exact) mass is 483 g/mol. The van der Waals surface area contributed by atoms with Crippen molar-refractivity contribution < 1.29 is 22.4 Å². The Labute approximate surface area is 198 Å². The first kappa shape index (κ1) is 25.1. The van der Waals surface area contributed by atoms with Crippen LogP contribution in [0.3, 0.4) is 0 Å². The number of amides is 2. The number of carbonyl (C=O) groups excluding carboxylic acids is 2. The first-order valence-corrected chi connectivity index (χ1v) is 12.2. The van der Waals surface area contributed by atoms with Crippen LogP contribution in [0.4, 0.5) is 10.1 Å². The van der Waals surface area contributed by atoms with Gasteiger partial charge in [-0.15, -0.1) is 0 Å². The molecule has 0 heterocycles. The van der Waals surface area contributed by atoms with E-state index < -0.39 is 32.7 Å². The largest absolute Gasteiger partial charge is 0.352 e. The lowest BCUT2D eigenvalue weighted by Crippen LogP contribution is -2.45. The summed E-state index contributed by atoms with van der Waals surface area (Å²) < 4.78 is 42.3. The van der Waals surface area contributed by atoms with Gasteiger partial charge < -0.3 is 10.6 Å². The van der Waals surface area contributed by atoms with Crippen molar-refractivity contribution in [3.05, 3.63) is 95.3 Å². The highest BCUT2D eigenvalue weighted by Crippen LogP contribution is 2.19. The van der Waals surface area contributed by atoms with Gasteiger partial charge in [-0.2, -0.15) is 4.72 Å². The van der Waals surface area contributed by atoms with Gasteiger partial charge in [-0.05, 0) is 55.7 Å². The quantitative estimate of drug-likeness (QED) is 0.434. The van der Waals surface area contributed by atoms with Crippen LogP contribution < -0.4 is 15.4 Å². The van der Waals surface area contributed by atoms with Crippen molar-refractivity contribution in [2.24, 2.45) is 0 Å². The SMILES string of the molecule is CCNC(=O)c1ccc(C)c(NC(=O)[C@H](Cc2ccccc2)NS(=O)(=O)c2ccccc2F)c1. The van der Waals surface area contributed by atoms with Crippen LogP contribution in [0.1, 0.15) is 28.4 Å². The highest BCUT2D eigenvalue weighted by molar-refractivity contribution is 7.89. The number of hydrogen-bond donors (Lipinski definition) is 3. The van der Waals surface area contributed by atoms with Gasteiger partial charge in [0.2, 0.25) is 15.9 Å². The van der Waals surface area contributed by atoms with Gasteiger partial charge >= 0.3 is 0 Å². The molecule has 0 saturated carbocycles. The molecule has 0 aliphatic rings. The molecule has 0 fully saturated rings. The summed E-state index contributed by atoms with van der Waals surface area (Å²) in [6, 6.07) is 17.5. The second-order valence-corrected chi connectivity index (χ2v) is 9.35. The molecule has 0 aromatic heterocycles. The summed E-state index contributed by atoms with van der Waals surface area (Å²) in [7, 11) is -4.34. The Bertz CT molecular complexity index is 1280. The van der Waals surface area contributed by atoms with E-state index in [-0.39, 0.29) is 12.3 Å². The zero-order valence-electron chi connectivity index (χ0n) is 18.8. The van der Waals surface area contributed by atoms with Gasteiger partial charge in [0.15, 0.2) is 0 Å². The maximum atomic E-state index is 14.2. The van der Waals surface area contributed by atoms with Gasteiger partial charge in [0.1, 0.15) is 16.8 Å². The molecule has 3 aromatic carbocycles. The van der Waals surface area contributed by atoms with Crippen LogP contribution in [-0.4, -0.2) is 32.8 Å². The average molecular weight is 484 g/mol. The molecule has 9 heteroatoms. The van der Waals surface area contributed by atoms with Crippen LogP contribution in [0.15, 0.2) is 77.7 Å². The fourth-order valence-corrected chi connectivity index (χ4v) is 4.61. The smallest absolute Gasteiger partial charge is 0.251 e. The van der Waals surface area contributed by atoms with E-state index in [0.29, 0.717) is 28.9 Å². The van der Waals surface area contributed by atoms with Crippen molar-refractivity contribution in [1.29, 1.82) is 0 Å². The minimum Gasteiger partial charge on any atom is -0.352 e. The topological polar surface area (TPSA) is 104 Å². The maximum absolute atomic E-state index is 14.2. The lowest BCUT2D eigenvalue weighted by Gasteiger charge is -2.20. The van der Waals surface area contributed by atoms with Gasteiger partial charge in [-0.1, -0.05) is 48.5 Å². The third kappa shape index (κ3) is 6.27. The molecule has 3 aromatic rings.